The lowest BCUT2D eigenvalue weighted by Gasteiger charge is -2.41. The topological polar surface area (TPSA) is 36.7 Å². The number of aryl methyl sites for hydroxylation is 1. The second-order valence-electron chi connectivity index (χ2n) is 9.08. The van der Waals surface area contributed by atoms with E-state index >= 15 is 0 Å². The molecule has 3 fully saturated rings. The minimum Gasteiger partial charge on any atom is -0.459 e. The number of likely N-dealkylation sites (tertiary alicyclic amines) is 2. The van der Waals surface area contributed by atoms with E-state index in [2.05, 4.69) is 4.90 Å². The van der Waals surface area contributed by atoms with Gasteiger partial charge in [0.2, 0.25) is 0 Å². The molecule has 3 aliphatic rings. The lowest BCUT2D eigenvalue weighted by Crippen LogP contribution is -2.45. The van der Waals surface area contributed by atoms with Crippen LogP contribution in [0.15, 0.2) is 16.7 Å². The van der Waals surface area contributed by atoms with Crippen molar-refractivity contribution in [2.75, 3.05) is 32.7 Å². The summed E-state index contributed by atoms with van der Waals surface area (Å²) in [6.45, 7) is 7.44. The summed E-state index contributed by atoms with van der Waals surface area (Å²) in [5.41, 5.74) is 1.27. The molecular formula is C22H34N2O2. The van der Waals surface area contributed by atoms with Crippen LogP contribution in [0.3, 0.4) is 0 Å². The van der Waals surface area contributed by atoms with Gasteiger partial charge in [-0.05, 0) is 57.7 Å². The number of nitrogens with zero attached hydrogens (tertiary/aromatic N) is 2. The van der Waals surface area contributed by atoms with Gasteiger partial charge in [0.25, 0.3) is 5.91 Å². The molecule has 1 aromatic rings. The van der Waals surface area contributed by atoms with Crippen LogP contribution in [0, 0.1) is 18.3 Å². The molecule has 144 valence electrons. The van der Waals surface area contributed by atoms with Crippen molar-refractivity contribution >= 4 is 5.91 Å². The maximum Gasteiger partial charge on any atom is 0.289 e. The number of hydrogen-bond donors (Lipinski definition) is 0. The lowest BCUT2D eigenvalue weighted by molar-refractivity contribution is 0.0650. The summed E-state index contributed by atoms with van der Waals surface area (Å²) < 4.78 is 5.44. The highest BCUT2D eigenvalue weighted by atomic mass is 16.3. The normalized spacial score (nSPS) is 28.1. The standard InChI is InChI=1S/C22H34N2O2/c1-18-9-15-26-20(18)21(25)24-14-11-22(17-24)10-5-12-23(16-22)13-8-19-6-3-2-4-7-19/h9,15,19H,2-8,10-14,16-17H2,1H3. The van der Waals surface area contributed by atoms with Crippen LogP contribution >= 0.6 is 0 Å². The van der Waals surface area contributed by atoms with Crippen LogP contribution in [0.5, 0.6) is 0 Å². The zero-order valence-corrected chi connectivity index (χ0v) is 16.3. The zero-order chi connectivity index (χ0) is 18.0. The van der Waals surface area contributed by atoms with Crippen LogP contribution in [-0.4, -0.2) is 48.4 Å². The highest BCUT2D eigenvalue weighted by molar-refractivity contribution is 5.93. The summed E-state index contributed by atoms with van der Waals surface area (Å²) >= 11 is 0. The van der Waals surface area contributed by atoms with Crippen LogP contribution in [0.4, 0.5) is 0 Å². The molecule has 4 nitrogen and oxygen atoms in total. The van der Waals surface area contributed by atoms with E-state index in [1.807, 2.05) is 17.9 Å². The second kappa shape index (κ2) is 7.75. The van der Waals surface area contributed by atoms with E-state index in [-0.39, 0.29) is 5.91 Å². The number of amides is 1. The average molecular weight is 359 g/mol. The fourth-order valence-electron chi connectivity index (χ4n) is 5.52. The highest BCUT2D eigenvalue weighted by Crippen LogP contribution is 2.40. The largest absolute Gasteiger partial charge is 0.459 e. The van der Waals surface area contributed by atoms with Crippen LogP contribution in [-0.2, 0) is 0 Å². The molecule has 2 aliphatic heterocycles. The van der Waals surface area contributed by atoms with Crippen molar-refractivity contribution in [2.45, 2.75) is 64.7 Å². The third kappa shape index (κ3) is 3.85. The molecule has 4 rings (SSSR count). The van der Waals surface area contributed by atoms with Gasteiger partial charge in [0.05, 0.1) is 6.26 Å². The zero-order valence-electron chi connectivity index (χ0n) is 16.3. The number of piperidine rings is 1. The Morgan fingerprint density at radius 2 is 2.00 bits per heavy atom. The molecule has 0 radical (unpaired) electrons. The van der Waals surface area contributed by atoms with Crippen LogP contribution in [0.25, 0.3) is 0 Å². The first-order valence-corrected chi connectivity index (χ1v) is 10.7. The monoisotopic (exact) mass is 358 g/mol. The van der Waals surface area contributed by atoms with E-state index in [1.54, 1.807) is 6.26 Å². The summed E-state index contributed by atoms with van der Waals surface area (Å²) in [7, 11) is 0. The van der Waals surface area contributed by atoms with Gasteiger partial charge < -0.3 is 14.2 Å². The van der Waals surface area contributed by atoms with Crippen molar-refractivity contribution in [1.29, 1.82) is 0 Å². The summed E-state index contributed by atoms with van der Waals surface area (Å²) in [5, 5.41) is 0. The third-order valence-corrected chi connectivity index (χ3v) is 7.10. The Hall–Kier alpha value is -1.29. The number of furan rings is 1. The Balaban J connectivity index is 1.32. The van der Waals surface area contributed by atoms with Gasteiger partial charge in [-0.2, -0.15) is 0 Å². The first kappa shape index (κ1) is 18.1. The fraction of sp³-hybridized carbons (Fsp3) is 0.773. The molecule has 0 aromatic carbocycles. The quantitative estimate of drug-likeness (QED) is 0.796. The van der Waals surface area contributed by atoms with E-state index < -0.39 is 0 Å². The van der Waals surface area contributed by atoms with E-state index in [0.29, 0.717) is 11.2 Å². The van der Waals surface area contributed by atoms with Gasteiger partial charge >= 0.3 is 0 Å². The molecule has 0 bridgehead atoms. The predicted molar refractivity (Wildman–Crippen MR) is 103 cm³/mol. The highest BCUT2D eigenvalue weighted by Gasteiger charge is 2.43. The molecule has 1 aliphatic carbocycles. The van der Waals surface area contributed by atoms with Gasteiger partial charge in [0, 0.05) is 30.6 Å². The van der Waals surface area contributed by atoms with Gasteiger partial charge in [-0.15, -0.1) is 0 Å². The van der Waals surface area contributed by atoms with Crippen molar-refractivity contribution in [3.8, 4) is 0 Å². The predicted octanol–water partition coefficient (Wildman–Crippen LogP) is 4.49. The fourth-order valence-corrected chi connectivity index (χ4v) is 5.52. The Morgan fingerprint density at radius 3 is 2.77 bits per heavy atom. The molecule has 1 unspecified atom stereocenters. The molecule has 26 heavy (non-hydrogen) atoms. The molecule has 1 amide bonds. The molecule has 0 N–H and O–H groups in total. The molecule has 4 heteroatoms. The van der Waals surface area contributed by atoms with E-state index in [4.69, 9.17) is 4.42 Å². The van der Waals surface area contributed by atoms with Crippen molar-refractivity contribution in [3.63, 3.8) is 0 Å². The SMILES string of the molecule is Cc1ccoc1C(=O)N1CCC2(CCCN(CCC3CCCCC3)C2)C1. The first-order valence-electron chi connectivity index (χ1n) is 10.7. The number of rotatable bonds is 4. The van der Waals surface area contributed by atoms with E-state index in [0.717, 1.165) is 31.0 Å². The molecule has 1 spiro atoms. The average Bonchev–Trinajstić information content (AvgIpc) is 3.27. The second-order valence-corrected chi connectivity index (χ2v) is 9.08. The molecule has 2 saturated heterocycles. The summed E-state index contributed by atoms with van der Waals surface area (Å²) in [5.74, 6) is 1.58. The minimum atomic E-state index is 0.0868. The smallest absolute Gasteiger partial charge is 0.289 e. The molecular weight excluding hydrogens is 324 g/mol. The van der Waals surface area contributed by atoms with Gasteiger partial charge in [0.1, 0.15) is 0 Å². The maximum atomic E-state index is 12.8. The third-order valence-electron chi connectivity index (χ3n) is 7.10. The molecule has 3 heterocycles. The first-order chi connectivity index (χ1) is 12.7. The number of carbonyl (C=O) groups excluding carboxylic acids is 1. The van der Waals surface area contributed by atoms with Crippen molar-refractivity contribution in [1.82, 2.24) is 9.80 Å². The summed E-state index contributed by atoms with van der Waals surface area (Å²) in [4.78, 5) is 17.5. The Labute approximate surface area is 157 Å². The van der Waals surface area contributed by atoms with Gasteiger partial charge in [0.15, 0.2) is 5.76 Å². The molecule has 1 atom stereocenters. The van der Waals surface area contributed by atoms with Crippen LogP contribution in [0.2, 0.25) is 0 Å². The van der Waals surface area contributed by atoms with Gasteiger partial charge in [-0.1, -0.05) is 32.1 Å². The van der Waals surface area contributed by atoms with E-state index in [9.17, 15) is 4.79 Å². The van der Waals surface area contributed by atoms with Crippen LogP contribution < -0.4 is 0 Å². The lowest BCUT2D eigenvalue weighted by atomic mass is 9.79. The van der Waals surface area contributed by atoms with Crippen molar-refractivity contribution < 1.29 is 9.21 Å². The Kier molecular flexibility index (Phi) is 5.40. The maximum absolute atomic E-state index is 12.8. The summed E-state index contributed by atoms with van der Waals surface area (Å²) in [6, 6.07) is 1.88. The Bertz CT molecular complexity index is 619. The van der Waals surface area contributed by atoms with Crippen molar-refractivity contribution in [2.24, 2.45) is 11.3 Å². The minimum absolute atomic E-state index is 0.0868. The summed E-state index contributed by atoms with van der Waals surface area (Å²) in [6.07, 6.45) is 13.9. The van der Waals surface area contributed by atoms with E-state index in [1.165, 1.54) is 71.0 Å². The Morgan fingerprint density at radius 1 is 1.15 bits per heavy atom. The van der Waals surface area contributed by atoms with Gasteiger partial charge in [-0.3, -0.25) is 4.79 Å². The number of hydrogen-bond acceptors (Lipinski definition) is 3. The van der Waals surface area contributed by atoms with Crippen LogP contribution in [0.1, 0.15) is 73.9 Å². The number of carbonyl (C=O) groups is 1. The molecule has 1 saturated carbocycles. The molecule has 1 aromatic heterocycles. The van der Waals surface area contributed by atoms with Gasteiger partial charge in [-0.25, -0.2) is 0 Å². The van der Waals surface area contributed by atoms with Crippen molar-refractivity contribution in [3.05, 3.63) is 23.7 Å².